The highest BCUT2D eigenvalue weighted by atomic mass is 32.2. The van der Waals surface area contributed by atoms with E-state index in [4.69, 9.17) is 4.74 Å². The zero-order chi connectivity index (χ0) is 18.2. The minimum absolute atomic E-state index is 0.303. The van der Waals surface area contributed by atoms with Crippen LogP contribution in [0.1, 0.15) is 10.4 Å². The number of benzene rings is 2. The Morgan fingerprint density at radius 1 is 1.04 bits per heavy atom. The zero-order valence-electron chi connectivity index (χ0n) is 13.8. The Labute approximate surface area is 157 Å². The average Bonchev–Trinajstić information content (AvgIpc) is 2.99. The van der Waals surface area contributed by atoms with E-state index in [1.165, 1.54) is 11.8 Å². The lowest BCUT2D eigenvalue weighted by atomic mass is 10.2. The van der Waals surface area contributed by atoms with E-state index in [9.17, 15) is 4.79 Å². The van der Waals surface area contributed by atoms with Crippen LogP contribution in [0.2, 0.25) is 0 Å². The maximum atomic E-state index is 12.0. The van der Waals surface area contributed by atoms with Crippen molar-refractivity contribution in [3.05, 3.63) is 54.1 Å². The molecule has 0 bridgehead atoms. The van der Waals surface area contributed by atoms with Crippen molar-refractivity contribution in [1.29, 1.82) is 0 Å². The lowest BCUT2D eigenvalue weighted by Crippen LogP contribution is -2.18. The lowest BCUT2D eigenvalue weighted by Gasteiger charge is -2.06. The summed E-state index contributed by atoms with van der Waals surface area (Å²) >= 11 is 1.33. The summed E-state index contributed by atoms with van der Waals surface area (Å²) in [5.74, 6) is 0.876. The predicted octanol–water partition coefficient (Wildman–Crippen LogP) is 2.73. The zero-order valence-corrected chi connectivity index (χ0v) is 14.7. The third-order valence-electron chi connectivity index (χ3n) is 4.07. The smallest absolute Gasteiger partial charge is 0.275 e. The fourth-order valence-corrected chi connectivity index (χ4v) is 3.45. The Morgan fingerprint density at radius 3 is 2.85 bits per heavy atom. The number of hydrogen-bond acceptors (Lipinski definition) is 7. The van der Waals surface area contributed by atoms with Crippen molar-refractivity contribution in [3.8, 4) is 5.75 Å². The Morgan fingerprint density at radius 2 is 1.89 bits per heavy atom. The van der Waals surface area contributed by atoms with E-state index < -0.39 is 0 Å². The van der Waals surface area contributed by atoms with Crippen LogP contribution in [0.5, 0.6) is 5.75 Å². The first kappa shape index (κ1) is 15.8. The number of rotatable bonds is 3. The summed E-state index contributed by atoms with van der Waals surface area (Å²) in [5.41, 5.74) is 5.30. The lowest BCUT2D eigenvalue weighted by molar-refractivity contribution is 0.0955. The van der Waals surface area contributed by atoms with E-state index >= 15 is 0 Å². The van der Waals surface area contributed by atoms with Crippen molar-refractivity contribution < 1.29 is 9.53 Å². The fourth-order valence-electron chi connectivity index (χ4n) is 2.82. The number of nitrogens with one attached hydrogen (secondary N) is 2. The Balaban J connectivity index is 1.38. The molecule has 0 atom stereocenters. The van der Waals surface area contributed by atoms with Crippen molar-refractivity contribution in [2.75, 3.05) is 5.75 Å². The average molecular weight is 376 g/mol. The third kappa shape index (κ3) is 2.87. The van der Waals surface area contributed by atoms with Gasteiger partial charge in [0.05, 0.1) is 11.3 Å². The number of thioether (sulfide) groups is 1. The molecule has 132 valence electrons. The second-order valence-electron chi connectivity index (χ2n) is 5.80. The maximum Gasteiger partial charge on any atom is 0.275 e. The van der Waals surface area contributed by atoms with Gasteiger partial charge in [0.25, 0.3) is 5.91 Å². The summed E-state index contributed by atoms with van der Waals surface area (Å²) in [6.45, 7) is 0. The van der Waals surface area contributed by atoms with Gasteiger partial charge in [-0.05, 0) is 18.2 Å². The molecule has 27 heavy (non-hydrogen) atoms. The van der Waals surface area contributed by atoms with E-state index in [1.807, 2.05) is 24.3 Å². The van der Waals surface area contributed by atoms with Gasteiger partial charge in [-0.3, -0.25) is 4.79 Å². The van der Waals surface area contributed by atoms with Gasteiger partial charge in [0.15, 0.2) is 5.65 Å². The number of fused-ring (bicyclic) bond motifs is 4. The number of nitrogens with zero attached hydrogens (tertiary/aromatic N) is 4. The highest BCUT2D eigenvalue weighted by Gasteiger charge is 2.19. The largest absolute Gasteiger partial charge is 0.440 e. The summed E-state index contributed by atoms with van der Waals surface area (Å²) in [5, 5.41) is 14.0. The van der Waals surface area contributed by atoms with E-state index in [2.05, 4.69) is 30.7 Å². The number of aromatic amines is 1. The van der Waals surface area contributed by atoms with Crippen LogP contribution in [0, 0.1) is 0 Å². The molecule has 2 aromatic heterocycles. The van der Waals surface area contributed by atoms with Gasteiger partial charge in [0.1, 0.15) is 11.3 Å². The van der Waals surface area contributed by atoms with Gasteiger partial charge in [-0.15, -0.1) is 15.3 Å². The Hall–Kier alpha value is -3.46. The topological polar surface area (TPSA) is 105 Å². The van der Waals surface area contributed by atoms with Gasteiger partial charge in [-0.1, -0.05) is 42.1 Å². The molecule has 0 spiro atoms. The minimum atomic E-state index is -0.303. The molecule has 0 aliphatic carbocycles. The summed E-state index contributed by atoms with van der Waals surface area (Å²) in [4.78, 5) is 19.8. The van der Waals surface area contributed by atoms with Crippen LogP contribution in [-0.4, -0.2) is 37.7 Å². The summed E-state index contributed by atoms with van der Waals surface area (Å²) < 4.78 is 5.75. The molecular weight excluding hydrogens is 364 g/mol. The molecule has 2 N–H and O–H groups in total. The molecule has 4 aromatic rings. The molecule has 3 heterocycles. The van der Waals surface area contributed by atoms with Gasteiger partial charge in [0, 0.05) is 10.9 Å². The number of carbonyl (C=O) groups excluding carboxylic acids is 1. The van der Waals surface area contributed by atoms with Crippen molar-refractivity contribution >= 4 is 45.6 Å². The molecule has 0 unspecified atom stereocenters. The van der Waals surface area contributed by atoms with Crippen LogP contribution in [-0.2, 0) is 0 Å². The van der Waals surface area contributed by atoms with Crippen LogP contribution in [0.25, 0.3) is 22.1 Å². The fraction of sp³-hybridized carbons (Fsp3) is 0.0556. The van der Waals surface area contributed by atoms with Crippen LogP contribution in [0.15, 0.2) is 58.8 Å². The van der Waals surface area contributed by atoms with Gasteiger partial charge >= 0.3 is 0 Å². The molecule has 9 heteroatoms. The van der Waals surface area contributed by atoms with Crippen LogP contribution >= 0.6 is 11.8 Å². The van der Waals surface area contributed by atoms with Crippen LogP contribution in [0.3, 0.4) is 0 Å². The first-order valence-corrected chi connectivity index (χ1v) is 9.14. The second-order valence-corrected chi connectivity index (χ2v) is 6.74. The molecule has 8 nitrogen and oxygen atoms in total. The number of ether oxygens (including phenoxy) is 1. The SMILES string of the molecule is O=C1NN=C(CSc2nnc3c(n2)[nH]c2ccccc23)Oc2ccccc21. The van der Waals surface area contributed by atoms with Gasteiger partial charge in [-0.25, -0.2) is 10.4 Å². The maximum absolute atomic E-state index is 12.0. The molecule has 1 aliphatic rings. The third-order valence-corrected chi connectivity index (χ3v) is 4.89. The quantitative estimate of drug-likeness (QED) is 0.533. The van der Waals surface area contributed by atoms with E-state index in [0.717, 1.165) is 16.4 Å². The van der Waals surface area contributed by atoms with E-state index in [-0.39, 0.29) is 5.91 Å². The standard InChI is InChI=1S/C18H12N6O2S/c25-17-11-6-2-4-8-13(11)26-14(21-23-17)9-27-18-20-16-15(22-24-18)10-5-1-3-7-12(10)19-16/h1-8H,9H2,(H,23,25)(H,19,20,24). The summed E-state index contributed by atoms with van der Waals surface area (Å²) in [6.07, 6.45) is 0. The monoisotopic (exact) mass is 376 g/mol. The predicted molar refractivity (Wildman–Crippen MR) is 102 cm³/mol. The van der Waals surface area contributed by atoms with Crippen molar-refractivity contribution in [3.63, 3.8) is 0 Å². The van der Waals surface area contributed by atoms with Crippen molar-refractivity contribution in [1.82, 2.24) is 25.6 Å². The molecular formula is C18H12N6O2S. The van der Waals surface area contributed by atoms with Crippen LogP contribution < -0.4 is 10.2 Å². The van der Waals surface area contributed by atoms with Gasteiger partial charge in [-0.2, -0.15) is 0 Å². The van der Waals surface area contributed by atoms with E-state index in [1.54, 1.807) is 24.3 Å². The summed E-state index contributed by atoms with van der Waals surface area (Å²) in [7, 11) is 0. The highest BCUT2D eigenvalue weighted by molar-refractivity contribution is 7.99. The molecule has 0 saturated heterocycles. The van der Waals surface area contributed by atoms with Crippen molar-refractivity contribution in [2.24, 2.45) is 5.10 Å². The molecule has 1 aliphatic heterocycles. The number of aromatic nitrogens is 4. The summed E-state index contributed by atoms with van der Waals surface area (Å²) in [6, 6.07) is 14.9. The Kier molecular flexibility index (Phi) is 3.72. The van der Waals surface area contributed by atoms with E-state index in [0.29, 0.717) is 33.8 Å². The first-order valence-electron chi connectivity index (χ1n) is 8.16. The number of para-hydroxylation sites is 2. The second kappa shape index (κ2) is 6.36. The number of carbonyl (C=O) groups is 1. The molecule has 0 fully saturated rings. The highest BCUT2D eigenvalue weighted by Crippen LogP contribution is 2.24. The molecule has 1 amide bonds. The number of hydrazone groups is 1. The van der Waals surface area contributed by atoms with Gasteiger partial charge in [0.2, 0.25) is 11.1 Å². The Bertz CT molecular complexity index is 1220. The van der Waals surface area contributed by atoms with Crippen molar-refractivity contribution in [2.45, 2.75) is 5.16 Å². The number of amides is 1. The minimum Gasteiger partial charge on any atom is -0.440 e. The number of hydrogen-bond donors (Lipinski definition) is 2. The first-order chi connectivity index (χ1) is 13.3. The number of H-pyrrole nitrogens is 1. The molecule has 0 radical (unpaired) electrons. The molecule has 5 rings (SSSR count). The molecule has 0 saturated carbocycles. The molecule has 2 aromatic carbocycles. The van der Waals surface area contributed by atoms with Crippen LogP contribution in [0.4, 0.5) is 0 Å². The van der Waals surface area contributed by atoms with Gasteiger partial charge < -0.3 is 9.72 Å². The normalized spacial score (nSPS) is 13.6.